The summed E-state index contributed by atoms with van der Waals surface area (Å²) >= 11 is 0. The largest absolute Gasteiger partial charge is 0.349 e. The highest BCUT2D eigenvalue weighted by Gasteiger charge is 2.11. The Bertz CT molecular complexity index is 644. The minimum absolute atomic E-state index is 0.178. The third-order valence-electron chi connectivity index (χ3n) is 2.89. The SMILES string of the molecule is CC(Cn1ccnc1)Nc1nnnn1-c1ccccc1. The van der Waals surface area contributed by atoms with E-state index in [4.69, 9.17) is 0 Å². The van der Waals surface area contributed by atoms with E-state index in [0.29, 0.717) is 5.95 Å². The van der Waals surface area contributed by atoms with Crippen LogP contribution in [0.3, 0.4) is 0 Å². The van der Waals surface area contributed by atoms with E-state index >= 15 is 0 Å². The van der Waals surface area contributed by atoms with E-state index in [9.17, 15) is 0 Å². The summed E-state index contributed by atoms with van der Waals surface area (Å²) in [5.41, 5.74) is 0.926. The first-order valence-corrected chi connectivity index (χ1v) is 6.39. The summed E-state index contributed by atoms with van der Waals surface area (Å²) in [7, 11) is 0. The van der Waals surface area contributed by atoms with Gasteiger partial charge in [-0.15, -0.1) is 0 Å². The zero-order valence-corrected chi connectivity index (χ0v) is 11.1. The first-order chi connectivity index (χ1) is 9.83. The second kappa shape index (κ2) is 5.52. The fraction of sp³-hybridized carbons (Fsp3) is 0.231. The molecular formula is C13H15N7. The van der Waals surface area contributed by atoms with Crippen molar-refractivity contribution in [3.05, 3.63) is 49.1 Å². The lowest BCUT2D eigenvalue weighted by Gasteiger charge is -2.14. The van der Waals surface area contributed by atoms with Crippen LogP contribution in [0.2, 0.25) is 0 Å². The molecule has 0 spiro atoms. The van der Waals surface area contributed by atoms with Crippen molar-refractivity contribution in [1.82, 2.24) is 29.8 Å². The zero-order valence-electron chi connectivity index (χ0n) is 11.1. The van der Waals surface area contributed by atoms with Crippen molar-refractivity contribution in [2.45, 2.75) is 19.5 Å². The zero-order chi connectivity index (χ0) is 13.8. The number of hydrogen-bond donors (Lipinski definition) is 1. The van der Waals surface area contributed by atoms with Gasteiger partial charge in [-0.05, 0) is 29.5 Å². The summed E-state index contributed by atoms with van der Waals surface area (Å²) in [4.78, 5) is 4.03. The molecule has 20 heavy (non-hydrogen) atoms. The van der Waals surface area contributed by atoms with E-state index < -0.39 is 0 Å². The van der Waals surface area contributed by atoms with Gasteiger partial charge in [-0.3, -0.25) is 0 Å². The molecule has 7 nitrogen and oxygen atoms in total. The van der Waals surface area contributed by atoms with Crippen LogP contribution in [-0.4, -0.2) is 35.8 Å². The molecule has 0 aliphatic rings. The number of imidazole rings is 1. The minimum atomic E-state index is 0.178. The Balaban J connectivity index is 1.74. The lowest BCUT2D eigenvalue weighted by Crippen LogP contribution is -2.23. The molecule has 0 aliphatic heterocycles. The Morgan fingerprint density at radius 2 is 2.10 bits per heavy atom. The molecule has 0 bridgehead atoms. The molecule has 0 amide bonds. The van der Waals surface area contributed by atoms with E-state index in [1.54, 1.807) is 17.2 Å². The van der Waals surface area contributed by atoms with Crippen LogP contribution >= 0.6 is 0 Å². The first-order valence-electron chi connectivity index (χ1n) is 6.39. The van der Waals surface area contributed by atoms with Crippen molar-refractivity contribution in [1.29, 1.82) is 0 Å². The Morgan fingerprint density at radius 1 is 1.25 bits per heavy atom. The second-order valence-corrected chi connectivity index (χ2v) is 4.55. The quantitative estimate of drug-likeness (QED) is 0.757. The predicted octanol–water partition coefficient (Wildman–Crippen LogP) is 1.36. The lowest BCUT2D eigenvalue weighted by molar-refractivity contribution is 0.612. The number of anilines is 1. The molecule has 0 radical (unpaired) electrons. The maximum absolute atomic E-state index is 4.03. The van der Waals surface area contributed by atoms with Gasteiger partial charge in [0.05, 0.1) is 12.0 Å². The molecule has 0 saturated carbocycles. The molecule has 2 heterocycles. The third-order valence-corrected chi connectivity index (χ3v) is 2.89. The van der Waals surface area contributed by atoms with E-state index in [1.165, 1.54) is 0 Å². The minimum Gasteiger partial charge on any atom is -0.349 e. The van der Waals surface area contributed by atoms with E-state index in [-0.39, 0.29) is 6.04 Å². The van der Waals surface area contributed by atoms with Crippen LogP contribution in [0.1, 0.15) is 6.92 Å². The Kier molecular flexibility index (Phi) is 3.40. The van der Waals surface area contributed by atoms with Gasteiger partial charge >= 0.3 is 0 Å². The molecular weight excluding hydrogens is 254 g/mol. The molecule has 3 aromatic rings. The molecule has 0 saturated heterocycles. The van der Waals surface area contributed by atoms with Gasteiger partial charge in [0.25, 0.3) is 0 Å². The topological polar surface area (TPSA) is 73.5 Å². The van der Waals surface area contributed by atoms with Crippen LogP contribution in [-0.2, 0) is 6.54 Å². The summed E-state index contributed by atoms with van der Waals surface area (Å²) < 4.78 is 3.69. The number of rotatable bonds is 5. The van der Waals surface area contributed by atoms with Crippen molar-refractivity contribution in [2.75, 3.05) is 5.32 Å². The van der Waals surface area contributed by atoms with Crippen LogP contribution in [0.15, 0.2) is 49.1 Å². The highest BCUT2D eigenvalue weighted by Crippen LogP contribution is 2.11. The molecule has 7 heteroatoms. The number of benzene rings is 1. The van der Waals surface area contributed by atoms with Crippen LogP contribution in [0.25, 0.3) is 5.69 Å². The molecule has 3 rings (SSSR count). The third kappa shape index (κ3) is 2.66. The number of nitrogens with one attached hydrogen (secondary N) is 1. The van der Waals surface area contributed by atoms with Crippen molar-refractivity contribution >= 4 is 5.95 Å². The van der Waals surface area contributed by atoms with Gasteiger partial charge < -0.3 is 9.88 Å². The maximum Gasteiger partial charge on any atom is 0.248 e. The highest BCUT2D eigenvalue weighted by molar-refractivity contribution is 5.38. The van der Waals surface area contributed by atoms with E-state index in [1.807, 2.05) is 41.1 Å². The predicted molar refractivity (Wildman–Crippen MR) is 74.5 cm³/mol. The van der Waals surface area contributed by atoms with Gasteiger partial charge in [-0.2, -0.15) is 4.68 Å². The van der Waals surface area contributed by atoms with Crippen LogP contribution < -0.4 is 5.32 Å². The second-order valence-electron chi connectivity index (χ2n) is 4.55. The van der Waals surface area contributed by atoms with E-state index in [2.05, 4.69) is 32.7 Å². The summed E-state index contributed by atoms with van der Waals surface area (Å²) in [6.45, 7) is 2.87. The summed E-state index contributed by atoms with van der Waals surface area (Å²) in [6, 6.07) is 9.97. The maximum atomic E-state index is 4.03. The summed E-state index contributed by atoms with van der Waals surface area (Å²) in [5, 5.41) is 15.1. The van der Waals surface area contributed by atoms with Crippen LogP contribution in [0.4, 0.5) is 5.95 Å². The lowest BCUT2D eigenvalue weighted by atomic mass is 10.3. The number of aromatic nitrogens is 6. The smallest absolute Gasteiger partial charge is 0.248 e. The van der Waals surface area contributed by atoms with Crippen LogP contribution in [0, 0.1) is 0 Å². The van der Waals surface area contributed by atoms with Crippen LogP contribution in [0.5, 0.6) is 0 Å². The molecule has 1 atom stereocenters. The number of nitrogens with zero attached hydrogens (tertiary/aromatic N) is 6. The summed E-state index contributed by atoms with van der Waals surface area (Å²) in [6.07, 6.45) is 5.48. The molecule has 1 aromatic carbocycles. The first kappa shape index (κ1) is 12.3. The fourth-order valence-corrected chi connectivity index (χ4v) is 2.00. The fourth-order valence-electron chi connectivity index (χ4n) is 2.00. The van der Waals surface area contributed by atoms with Crippen molar-refractivity contribution in [2.24, 2.45) is 0 Å². The van der Waals surface area contributed by atoms with Gasteiger partial charge in [0.2, 0.25) is 5.95 Å². The van der Waals surface area contributed by atoms with Gasteiger partial charge in [-0.25, -0.2) is 4.98 Å². The van der Waals surface area contributed by atoms with Crippen molar-refractivity contribution < 1.29 is 0 Å². The number of hydrogen-bond acceptors (Lipinski definition) is 5. The number of tetrazole rings is 1. The van der Waals surface area contributed by atoms with Gasteiger partial charge in [-0.1, -0.05) is 23.3 Å². The van der Waals surface area contributed by atoms with Gasteiger partial charge in [0.1, 0.15) is 0 Å². The van der Waals surface area contributed by atoms with Gasteiger partial charge in [0, 0.05) is 25.0 Å². The normalized spacial score (nSPS) is 12.2. The molecule has 0 fully saturated rings. The van der Waals surface area contributed by atoms with E-state index in [0.717, 1.165) is 12.2 Å². The Labute approximate surface area is 116 Å². The number of para-hydroxylation sites is 1. The average Bonchev–Trinajstić information content (AvgIpc) is 3.11. The highest BCUT2D eigenvalue weighted by atomic mass is 15.6. The molecule has 2 aromatic heterocycles. The van der Waals surface area contributed by atoms with Crippen molar-refractivity contribution in [3.63, 3.8) is 0 Å². The van der Waals surface area contributed by atoms with Gasteiger partial charge in [0.15, 0.2) is 0 Å². The Morgan fingerprint density at radius 3 is 2.85 bits per heavy atom. The average molecular weight is 269 g/mol. The molecule has 102 valence electrons. The monoisotopic (exact) mass is 269 g/mol. The van der Waals surface area contributed by atoms with Crippen molar-refractivity contribution in [3.8, 4) is 5.69 Å². The molecule has 1 N–H and O–H groups in total. The summed E-state index contributed by atoms with van der Waals surface area (Å²) in [5.74, 6) is 0.629. The molecule has 0 aliphatic carbocycles. The Hall–Kier alpha value is -2.70. The standard InChI is InChI=1S/C13H15N7/c1-11(9-19-8-7-14-10-19)15-13-16-17-18-20(13)12-5-3-2-4-6-12/h2-8,10-11H,9H2,1H3,(H,15,16,18). The molecule has 1 unspecified atom stereocenters.